The van der Waals surface area contributed by atoms with Gasteiger partial charge in [-0.2, -0.15) is 5.10 Å². The lowest BCUT2D eigenvalue weighted by atomic mass is 10.1. The Morgan fingerprint density at radius 1 is 1.11 bits per heavy atom. The quantitative estimate of drug-likeness (QED) is 0.649. The predicted octanol–water partition coefficient (Wildman–Crippen LogP) is 3.44. The Morgan fingerprint density at radius 3 is 2.28 bits per heavy atom. The van der Waals surface area contributed by atoms with E-state index in [1.165, 1.54) is 51.4 Å². The predicted molar refractivity (Wildman–Crippen MR) is 75.2 cm³/mol. The van der Waals surface area contributed by atoms with Gasteiger partial charge in [0.25, 0.3) is 0 Å². The Kier molecular flexibility index (Phi) is 7.65. The highest BCUT2D eigenvalue weighted by Crippen LogP contribution is 2.09. The largest absolute Gasteiger partial charge is 0.321 e. The summed E-state index contributed by atoms with van der Waals surface area (Å²) in [5, 5.41) is 4.35. The van der Waals surface area contributed by atoms with E-state index in [2.05, 4.69) is 17.0 Å². The SMILES string of the molecule is CCCCCCCCCCn1cnc(C(C)N)n1. The average molecular weight is 252 g/mol. The highest BCUT2D eigenvalue weighted by atomic mass is 15.3. The van der Waals surface area contributed by atoms with Crippen LogP contribution in [0.25, 0.3) is 0 Å². The molecule has 0 radical (unpaired) electrons. The fraction of sp³-hybridized carbons (Fsp3) is 0.857. The number of aromatic nitrogens is 3. The second kappa shape index (κ2) is 9.09. The second-order valence-electron chi connectivity index (χ2n) is 5.13. The van der Waals surface area contributed by atoms with Gasteiger partial charge in [0, 0.05) is 6.54 Å². The molecule has 18 heavy (non-hydrogen) atoms. The Labute approximate surface area is 111 Å². The molecule has 1 rings (SSSR count). The van der Waals surface area contributed by atoms with Crippen LogP contribution in [0.1, 0.15) is 77.1 Å². The molecule has 0 saturated carbocycles. The van der Waals surface area contributed by atoms with Crippen LogP contribution in [0.5, 0.6) is 0 Å². The topological polar surface area (TPSA) is 56.7 Å². The van der Waals surface area contributed by atoms with Crippen molar-refractivity contribution in [3.05, 3.63) is 12.2 Å². The van der Waals surface area contributed by atoms with Gasteiger partial charge >= 0.3 is 0 Å². The lowest BCUT2D eigenvalue weighted by molar-refractivity contribution is 0.515. The van der Waals surface area contributed by atoms with Gasteiger partial charge in [0.05, 0.1) is 6.04 Å². The fourth-order valence-electron chi connectivity index (χ4n) is 2.03. The summed E-state index contributed by atoms with van der Waals surface area (Å²) >= 11 is 0. The molecule has 0 spiro atoms. The summed E-state index contributed by atoms with van der Waals surface area (Å²) in [7, 11) is 0. The molecule has 0 aliphatic carbocycles. The third kappa shape index (κ3) is 6.15. The van der Waals surface area contributed by atoms with Crippen molar-refractivity contribution in [1.82, 2.24) is 14.8 Å². The Balaban J connectivity index is 2.00. The van der Waals surface area contributed by atoms with Gasteiger partial charge in [0.2, 0.25) is 0 Å². The summed E-state index contributed by atoms with van der Waals surface area (Å²) in [5.41, 5.74) is 5.72. The number of aryl methyl sites for hydroxylation is 1. The highest BCUT2D eigenvalue weighted by Gasteiger charge is 2.04. The van der Waals surface area contributed by atoms with E-state index >= 15 is 0 Å². The third-order valence-electron chi connectivity index (χ3n) is 3.20. The molecule has 2 N–H and O–H groups in total. The first-order valence-corrected chi connectivity index (χ1v) is 7.39. The molecule has 0 fully saturated rings. The van der Waals surface area contributed by atoms with Gasteiger partial charge in [0.15, 0.2) is 5.82 Å². The molecular weight excluding hydrogens is 224 g/mol. The Morgan fingerprint density at radius 2 is 1.72 bits per heavy atom. The van der Waals surface area contributed by atoms with E-state index < -0.39 is 0 Å². The van der Waals surface area contributed by atoms with Crippen molar-refractivity contribution >= 4 is 0 Å². The molecule has 0 bridgehead atoms. The van der Waals surface area contributed by atoms with Gasteiger partial charge in [-0.1, -0.05) is 51.9 Å². The summed E-state index contributed by atoms with van der Waals surface area (Å²) in [6.45, 7) is 5.14. The molecule has 1 unspecified atom stereocenters. The van der Waals surface area contributed by atoms with Gasteiger partial charge in [0.1, 0.15) is 6.33 Å². The van der Waals surface area contributed by atoms with Crippen LogP contribution in [-0.2, 0) is 6.54 Å². The zero-order valence-electron chi connectivity index (χ0n) is 11.9. The first-order chi connectivity index (χ1) is 8.74. The van der Waals surface area contributed by atoms with Gasteiger partial charge < -0.3 is 5.73 Å². The molecule has 1 heterocycles. The van der Waals surface area contributed by atoms with Gasteiger partial charge in [-0.25, -0.2) is 4.98 Å². The maximum atomic E-state index is 5.72. The minimum absolute atomic E-state index is 0.0650. The average Bonchev–Trinajstić information content (AvgIpc) is 2.81. The van der Waals surface area contributed by atoms with Crippen LogP contribution in [0.3, 0.4) is 0 Å². The third-order valence-corrected chi connectivity index (χ3v) is 3.20. The summed E-state index contributed by atoms with van der Waals surface area (Å²) < 4.78 is 1.91. The standard InChI is InChI=1S/C14H28N4/c1-3-4-5-6-7-8-9-10-11-18-12-16-14(17-18)13(2)15/h12-13H,3-11,15H2,1-2H3. The molecular formula is C14H28N4. The first-order valence-electron chi connectivity index (χ1n) is 7.39. The van der Waals surface area contributed by atoms with Crippen LogP contribution in [0.4, 0.5) is 0 Å². The van der Waals surface area contributed by atoms with E-state index in [9.17, 15) is 0 Å². The Hall–Kier alpha value is -0.900. The van der Waals surface area contributed by atoms with Crippen molar-refractivity contribution in [3.8, 4) is 0 Å². The van der Waals surface area contributed by atoms with Crippen LogP contribution < -0.4 is 5.73 Å². The van der Waals surface area contributed by atoms with E-state index in [-0.39, 0.29) is 6.04 Å². The van der Waals surface area contributed by atoms with Crippen molar-refractivity contribution in [2.24, 2.45) is 5.73 Å². The van der Waals surface area contributed by atoms with Gasteiger partial charge in [-0.05, 0) is 13.3 Å². The van der Waals surface area contributed by atoms with Gasteiger partial charge in [-0.3, -0.25) is 4.68 Å². The van der Waals surface area contributed by atoms with Crippen molar-refractivity contribution in [3.63, 3.8) is 0 Å². The maximum absolute atomic E-state index is 5.72. The van der Waals surface area contributed by atoms with Crippen LogP contribution in [0, 0.1) is 0 Å². The molecule has 1 aromatic rings. The minimum Gasteiger partial charge on any atom is -0.321 e. The molecule has 104 valence electrons. The second-order valence-corrected chi connectivity index (χ2v) is 5.13. The fourth-order valence-corrected chi connectivity index (χ4v) is 2.03. The van der Waals surface area contributed by atoms with E-state index in [0.29, 0.717) is 0 Å². The normalized spacial score (nSPS) is 12.8. The number of hydrogen-bond acceptors (Lipinski definition) is 3. The number of nitrogens with zero attached hydrogens (tertiary/aromatic N) is 3. The molecule has 0 aliphatic rings. The molecule has 4 heteroatoms. The first kappa shape index (κ1) is 15.2. The summed E-state index contributed by atoms with van der Waals surface area (Å²) in [4.78, 5) is 4.19. The van der Waals surface area contributed by atoms with E-state index in [1.807, 2.05) is 11.6 Å². The van der Waals surface area contributed by atoms with E-state index in [1.54, 1.807) is 6.33 Å². The minimum atomic E-state index is -0.0650. The number of unbranched alkanes of at least 4 members (excludes halogenated alkanes) is 7. The summed E-state index contributed by atoms with van der Waals surface area (Å²) in [6, 6.07) is -0.0650. The summed E-state index contributed by atoms with van der Waals surface area (Å²) in [5.74, 6) is 0.745. The highest BCUT2D eigenvalue weighted by molar-refractivity contribution is 4.87. The van der Waals surface area contributed by atoms with Crippen molar-refractivity contribution < 1.29 is 0 Å². The number of nitrogens with two attached hydrogens (primary N) is 1. The molecule has 0 saturated heterocycles. The smallest absolute Gasteiger partial charge is 0.166 e. The van der Waals surface area contributed by atoms with Crippen molar-refractivity contribution in [2.45, 2.75) is 77.8 Å². The maximum Gasteiger partial charge on any atom is 0.166 e. The Bertz CT molecular complexity index is 306. The van der Waals surface area contributed by atoms with E-state index in [0.717, 1.165) is 12.4 Å². The van der Waals surface area contributed by atoms with Crippen molar-refractivity contribution in [1.29, 1.82) is 0 Å². The van der Waals surface area contributed by atoms with Crippen LogP contribution >= 0.6 is 0 Å². The van der Waals surface area contributed by atoms with Crippen LogP contribution in [-0.4, -0.2) is 14.8 Å². The lowest BCUT2D eigenvalue weighted by Gasteiger charge is -2.02. The van der Waals surface area contributed by atoms with Crippen molar-refractivity contribution in [2.75, 3.05) is 0 Å². The molecule has 0 aromatic carbocycles. The zero-order valence-corrected chi connectivity index (χ0v) is 11.9. The molecule has 0 aliphatic heterocycles. The van der Waals surface area contributed by atoms with Crippen LogP contribution in [0.15, 0.2) is 6.33 Å². The van der Waals surface area contributed by atoms with Gasteiger partial charge in [-0.15, -0.1) is 0 Å². The molecule has 0 amide bonds. The lowest BCUT2D eigenvalue weighted by Crippen LogP contribution is -2.08. The van der Waals surface area contributed by atoms with E-state index in [4.69, 9.17) is 5.73 Å². The number of hydrogen-bond donors (Lipinski definition) is 1. The molecule has 1 aromatic heterocycles. The molecule has 4 nitrogen and oxygen atoms in total. The zero-order chi connectivity index (χ0) is 13.2. The monoisotopic (exact) mass is 252 g/mol. The van der Waals surface area contributed by atoms with Crippen LogP contribution in [0.2, 0.25) is 0 Å². The summed E-state index contributed by atoms with van der Waals surface area (Å²) in [6.07, 6.45) is 12.5. The molecule has 1 atom stereocenters. The number of rotatable bonds is 10.